The number of pyridine rings is 1. The summed E-state index contributed by atoms with van der Waals surface area (Å²) >= 11 is 0. The molecule has 2 aliphatic heterocycles. The van der Waals surface area contributed by atoms with Crippen molar-refractivity contribution in [1.82, 2.24) is 35.2 Å². The highest BCUT2D eigenvalue weighted by molar-refractivity contribution is 7.91. The summed E-state index contributed by atoms with van der Waals surface area (Å²) in [6.45, 7) is 3.31. The number of halogens is 3. The Bertz CT molecular complexity index is 1890. The fourth-order valence-electron chi connectivity index (χ4n) is 7.15. The summed E-state index contributed by atoms with van der Waals surface area (Å²) < 4.78 is 75.9. The van der Waals surface area contributed by atoms with Crippen LogP contribution in [0.25, 0.3) is 11.2 Å². The van der Waals surface area contributed by atoms with Gasteiger partial charge >= 0.3 is 12.3 Å². The van der Waals surface area contributed by atoms with Gasteiger partial charge in [-0.3, -0.25) is 19.1 Å². The Balaban J connectivity index is 1.37. The number of ether oxygens (including phenoxy) is 1. The number of carbonyl (C=O) groups is 4. The van der Waals surface area contributed by atoms with E-state index >= 15 is 0 Å². The van der Waals surface area contributed by atoms with Crippen LogP contribution >= 0.6 is 0 Å². The van der Waals surface area contributed by atoms with E-state index in [1.54, 1.807) is 13.0 Å². The first kappa shape index (κ1) is 37.2. The highest BCUT2D eigenvalue weighted by atomic mass is 32.2. The number of nitrogens with zero attached hydrogens (tertiary/aromatic N) is 4. The molecule has 2 saturated carbocycles. The van der Waals surface area contributed by atoms with Crippen LogP contribution in [-0.4, -0.2) is 92.7 Å². The van der Waals surface area contributed by atoms with Gasteiger partial charge in [-0.2, -0.15) is 18.2 Å². The topological polar surface area (TPSA) is 210 Å². The van der Waals surface area contributed by atoms with E-state index in [0.29, 0.717) is 38.5 Å². The molecule has 52 heavy (non-hydrogen) atoms. The van der Waals surface area contributed by atoms with Gasteiger partial charge in [0.2, 0.25) is 33.4 Å². The second-order valence-electron chi connectivity index (χ2n) is 14.1. The van der Waals surface area contributed by atoms with Crippen LogP contribution in [0.2, 0.25) is 0 Å². The summed E-state index contributed by atoms with van der Waals surface area (Å²) in [6.07, 6.45) is -0.324. The second kappa shape index (κ2) is 14.1. The van der Waals surface area contributed by atoms with Crippen LogP contribution in [0.15, 0.2) is 30.5 Å². The average molecular weight is 752 g/mol. The molecule has 0 unspecified atom stereocenters. The highest BCUT2D eigenvalue weighted by Gasteiger charge is 2.62. The van der Waals surface area contributed by atoms with Crippen LogP contribution in [0.4, 0.5) is 18.0 Å². The summed E-state index contributed by atoms with van der Waals surface area (Å²) in [5, 5.41) is 14.0. The van der Waals surface area contributed by atoms with Crippen molar-refractivity contribution in [2.75, 3.05) is 6.54 Å². The van der Waals surface area contributed by atoms with E-state index < -0.39 is 98.9 Å². The summed E-state index contributed by atoms with van der Waals surface area (Å²) in [6, 6.07) is -0.0897. The Morgan fingerprint density at radius 3 is 2.60 bits per heavy atom. The summed E-state index contributed by atoms with van der Waals surface area (Å²) in [5.74, 6) is -4.62. The number of allylic oxidation sites excluding steroid dienone is 1. The molecule has 4 heterocycles. The smallest absolute Gasteiger partial charge is 0.438 e. The van der Waals surface area contributed by atoms with Crippen LogP contribution in [0.1, 0.15) is 70.9 Å². The number of amides is 4. The molecular weight excluding hydrogens is 711 g/mol. The lowest BCUT2D eigenvalue weighted by atomic mass is 9.85. The van der Waals surface area contributed by atoms with Crippen LogP contribution < -0.4 is 20.1 Å². The van der Waals surface area contributed by atoms with E-state index in [0.717, 1.165) is 4.90 Å². The normalized spacial score (nSPS) is 30.6. The van der Waals surface area contributed by atoms with Crippen molar-refractivity contribution < 1.29 is 50.6 Å². The molecule has 6 rings (SSSR count). The van der Waals surface area contributed by atoms with Crippen LogP contribution in [0.5, 0.6) is 5.88 Å². The third-order valence-electron chi connectivity index (χ3n) is 10.2. The quantitative estimate of drug-likeness (QED) is 0.302. The number of nitrogens with one attached hydrogen (secondary N) is 3. The highest BCUT2D eigenvalue weighted by Crippen LogP contribution is 2.46. The lowest BCUT2D eigenvalue weighted by Crippen LogP contribution is -2.59. The average Bonchev–Trinajstić information content (AvgIpc) is 4.00. The minimum Gasteiger partial charge on any atom is -0.471 e. The second-order valence-corrected chi connectivity index (χ2v) is 16.1. The molecular formula is C33H40F3N7O8S. The number of hydrogen-bond donors (Lipinski definition) is 4. The minimum atomic E-state index is -5.00. The standard InChI is InChI=1S/C33H40F3N7O8S/c1-3-18-13-17(2)7-4-5-8-19-15-32(19,30(46)42-52(49,50)21-10-11-21)41-27(44)23-14-20(16-43(23)29(45)24(18)39-31(47)48)51-28-25(33(34,35)36)38-22-9-6-12-37-26(22)40-28/h5-6,8-9,12,17-21,23-24,39H,3-4,7,10-11,13-16H2,1-2H3,(H,41,44)(H,42,46)(H,47,48)/b8-5-/t17-,18-,19-,20-,23+,24+,32-/m1/s1. The van der Waals surface area contributed by atoms with E-state index in [1.807, 2.05) is 13.0 Å². The van der Waals surface area contributed by atoms with Gasteiger partial charge in [0.1, 0.15) is 29.2 Å². The molecule has 19 heteroatoms. The first-order valence-corrected chi connectivity index (χ1v) is 18.8. The zero-order valence-electron chi connectivity index (χ0n) is 28.4. The number of sulfonamides is 1. The molecule has 1 saturated heterocycles. The number of carbonyl (C=O) groups excluding carboxylic acids is 3. The van der Waals surface area contributed by atoms with Crippen molar-refractivity contribution >= 4 is 45.0 Å². The van der Waals surface area contributed by atoms with Gasteiger partial charge in [-0.1, -0.05) is 32.4 Å². The Morgan fingerprint density at radius 2 is 1.92 bits per heavy atom. The predicted molar refractivity (Wildman–Crippen MR) is 177 cm³/mol. The Morgan fingerprint density at radius 1 is 1.17 bits per heavy atom. The molecule has 2 aromatic heterocycles. The Hall–Kier alpha value is -4.55. The number of alkyl halides is 3. The number of fused-ring (bicyclic) bond motifs is 3. The molecule has 4 amide bonds. The maximum atomic E-state index is 14.4. The molecule has 3 fully saturated rings. The van der Waals surface area contributed by atoms with E-state index in [4.69, 9.17) is 4.74 Å². The molecule has 0 aromatic carbocycles. The minimum absolute atomic E-state index is 0.0210. The lowest BCUT2D eigenvalue weighted by molar-refractivity contribution is -0.143. The molecule has 2 aromatic rings. The third-order valence-corrected chi connectivity index (χ3v) is 12.0. The zero-order valence-corrected chi connectivity index (χ0v) is 29.2. The monoisotopic (exact) mass is 751 g/mol. The van der Waals surface area contributed by atoms with Gasteiger partial charge in [0.15, 0.2) is 5.65 Å². The predicted octanol–water partition coefficient (Wildman–Crippen LogP) is 2.91. The van der Waals surface area contributed by atoms with Gasteiger partial charge < -0.3 is 25.4 Å². The summed E-state index contributed by atoms with van der Waals surface area (Å²) in [5.41, 5.74) is -3.41. The molecule has 282 valence electrons. The largest absolute Gasteiger partial charge is 0.471 e. The van der Waals surface area contributed by atoms with E-state index in [-0.39, 0.29) is 29.9 Å². The van der Waals surface area contributed by atoms with Gasteiger partial charge in [-0.15, -0.1) is 0 Å². The number of carboxylic acid groups (broad SMARTS) is 1. The molecule has 4 aliphatic rings. The summed E-state index contributed by atoms with van der Waals surface area (Å²) in [7, 11) is -4.00. The molecule has 4 N–H and O–H groups in total. The van der Waals surface area contributed by atoms with Gasteiger partial charge in [0.05, 0.1) is 11.8 Å². The maximum Gasteiger partial charge on any atom is 0.438 e. The lowest BCUT2D eigenvalue weighted by Gasteiger charge is -2.33. The van der Waals surface area contributed by atoms with Gasteiger partial charge in [-0.05, 0) is 62.5 Å². The fraction of sp³-hybridized carbons (Fsp3) is 0.606. The van der Waals surface area contributed by atoms with Crippen molar-refractivity contribution in [3.05, 3.63) is 36.2 Å². The SMILES string of the molecule is CC[C@@H]1C[C@H](C)CC/C=C\[C@@H]2C[C@@]2(C(=O)NS(=O)(=O)C2CC2)NC(=O)[C@@H]2C[C@@H](Oc3nc4ncccc4nc3C(F)(F)F)CN2C(=O)[C@H]1NC(=O)O. The van der Waals surface area contributed by atoms with Crippen molar-refractivity contribution in [3.63, 3.8) is 0 Å². The maximum absolute atomic E-state index is 14.4. The van der Waals surface area contributed by atoms with Crippen molar-refractivity contribution in [3.8, 4) is 5.88 Å². The molecule has 0 spiro atoms. The molecule has 0 radical (unpaired) electrons. The molecule has 7 atom stereocenters. The van der Waals surface area contributed by atoms with Gasteiger partial charge in [-0.25, -0.2) is 23.2 Å². The van der Waals surface area contributed by atoms with Crippen LogP contribution in [0.3, 0.4) is 0 Å². The van der Waals surface area contributed by atoms with Crippen molar-refractivity contribution in [2.45, 2.75) is 100 Å². The molecule has 2 aliphatic carbocycles. The van der Waals surface area contributed by atoms with Crippen molar-refractivity contribution in [2.24, 2.45) is 17.8 Å². The third kappa shape index (κ3) is 7.78. The number of aromatic nitrogens is 3. The number of hydrogen-bond acceptors (Lipinski definition) is 10. The Labute approximate surface area is 297 Å². The molecule has 15 nitrogen and oxygen atoms in total. The molecule has 0 bridgehead atoms. The first-order valence-electron chi connectivity index (χ1n) is 17.2. The van der Waals surface area contributed by atoms with Gasteiger partial charge in [0, 0.05) is 18.5 Å². The van der Waals surface area contributed by atoms with Crippen LogP contribution in [0, 0.1) is 17.8 Å². The van der Waals surface area contributed by atoms with E-state index in [1.165, 1.54) is 18.3 Å². The van der Waals surface area contributed by atoms with E-state index in [2.05, 4.69) is 30.3 Å². The van der Waals surface area contributed by atoms with Gasteiger partial charge in [0.25, 0.3) is 5.91 Å². The summed E-state index contributed by atoms with van der Waals surface area (Å²) in [4.78, 5) is 66.8. The fourth-order valence-corrected chi connectivity index (χ4v) is 8.52. The van der Waals surface area contributed by atoms with E-state index in [9.17, 15) is 45.9 Å². The van der Waals surface area contributed by atoms with Crippen molar-refractivity contribution in [1.29, 1.82) is 0 Å². The Kier molecular flexibility index (Phi) is 10.1. The number of rotatable bonds is 7. The first-order chi connectivity index (χ1) is 24.5. The zero-order chi connectivity index (χ0) is 37.6. The van der Waals surface area contributed by atoms with Crippen LogP contribution in [-0.2, 0) is 30.6 Å².